The van der Waals surface area contributed by atoms with Gasteiger partial charge in [-0.25, -0.2) is 13.8 Å². The molecule has 0 amide bonds. The number of rotatable bonds is 2. The molecular weight excluding hydrogens is 200 g/mol. The molecule has 1 heterocycles. The number of hydrogen-bond donors (Lipinski definition) is 2. The van der Waals surface area contributed by atoms with E-state index in [0.29, 0.717) is 11.4 Å². The molecule has 15 heavy (non-hydrogen) atoms. The molecule has 3 N–H and O–H groups in total. The molecule has 1 unspecified atom stereocenters. The molecule has 0 aliphatic rings. The number of nitrogens with zero attached hydrogens (tertiary/aromatic N) is 1. The molecule has 3 nitrogen and oxygen atoms in total. The minimum absolute atomic E-state index is 0.476. The largest absolute Gasteiger partial charge is 0.347 e. The minimum Gasteiger partial charge on any atom is -0.347 e. The Labute approximate surface area is 85.0 Å². The van der Waals surface area contributed by atoms with Crippen LogP contribution in [0.15, 0.2) is 30.6 Å². The van der Waals surface area contributed by atoms with Gasteiger partial charge in [-0.3, -0.25) is 0 Å². The van der Waals surface area contributed by atoms with E-state index in [9.17, 15) is 8.78 Å². The van der Waals surface area contributed by atoms with E-state index < -0.39 is 17.7 Å². The van der Waals surface area contributed by atoms with Crippen molar-refractivity contribution in [3.05, 3.63) is 53.6 Å². The van der Waals surface area contributed by atoms with Gasteiger partial charge in [0.15, 0.2) is 11.6 Å². The maximum absolute atomic E-state index is 12.9. The molecule has 0 bridgehead atoms. The third kappa shape index (κ3) is 1.87. The van der Waals surface area contributed by atoms with Crippen LogP contribution in [0.4, 0.5) is 8.78 Å². The second-order valence-corrected chi connectivity index (χ2v) is 3.13. The fourth-order valence-electron chi connectivity index (χ4n) is 1.31. The highest BCUT2D eigenvalue weighted by molar-refractivity contribution is 5.25. The molecule has 1 aromatic carbocycles. The SMILES string of the molecule is NC(c1ccc(F)c(F)c1)c1ncc[nH]1. The number of nitrogens with two attached hydrogens (primary N) is 1. The Morgan fingerprint density at radius 2 is 2.07 bits per heavy atom. The van der Waals surface area contributed by atoms with Crippen LogP contribution in [0.1, 0.15) is 17.4 Å². The lowest BCUT2D eigenvalue weighted by atomic mass is 10.1. The summed E-state index contributed by atoms with van der Waals surface area (Å²) >= 11 is 0. The first kappa shape index (κ1) is 9.79. The summed E-state index contributed by atoms with van der Waals surface area (Å²) in [5.74, 6) is -1.28. The predicted molar refractivity (Wildman–Crippen MR) is 51.0 cm³/mol. The molecule has 0 radical (unpaired) electrons. The highest BCUT2D eigenvalue weighted by Crippen LogP contribution is 2.18. The van der Waals surface area contributed by atoms with Gasteiger partial charge in [0.25, 0.3) is 0 Å². The summed E-state index contributed by atoms with van der Waals surface area (Å²) < 4.78 is 25.6. The summed E-state index contributed by atoms with van der Waals surface area (Å²) in [4.78, 5) is 6.77. The smallest absolute Gasteiger partial charge is 0.159 e. The van der Waals surface area contributed by atoms with Crippen molar-refractivity contribution in [2.75, 3.05) is 0 Å². The molecule has 0 aliphatic carbocycles. The highest BCUT2D eigenvalue weighted by Gasteiger charge is 2.13. The number of imidazole rings is 1. The second kappa shape index (κ2) is 3.78. The normalized spacial score (nSPS) is 12.7. The molecule has 0 saturated carbocycles. The van der Waals surface area contributed by atoms with E-state index in [1.807, 2.05) is 0 Å². The molecular formula is C10H9F2N3. The Hall–Kier alpha value is -1.75. The van der Waals surface area contributed by atoms with Crippen LogP contribution in [-0.2, 0) is 0 Å². The fourth-order valence-corrected chi connectivity index (χ4v) is 1.31. The van der Waals surface area contributed by atoms with Crippen LogP contribution in [0.25, 0.3) is 0 Å². The summed E-state index contributed by atoms with van der Waals surface area (Å²) in [5, 5.41) is 0. The molecule has 1 atom stereocenters. The van der Waals surface area contributed by atoms with Crippen LogP contribution in [0, 0.1) is 11.6 Å². The van der Waals surface area contributed by atoms with E-state index >= 15 is 0 Å². The van der Waals surface area contributed by atoms with Gasteiger partial charge in [0.2, 0.25) is 0 Å². The average Bonchev–Trinajstić information content (AvgIpc) is 2.74. The summed E-state index contributed by atoms with van der Waals surface area (Å²) in [6.45, 7) is 0. The van der Waals surface area contributed by atoms with Crippen LogP contribution in [0.2, 0.25) is 0 Å². The van der Waals surface area contributed by atoms with Crippen LogP contribution >= 0.6 is 0 Å². The number of aromatic amines is 1. The maximum atomic E-state index is 12.9. The summed E-state index contributed by atoms with van der Waals surface area (Å²) in [5.41, 5.74) is 6.27. The Morgan fingerprint density at radius 1 is 1.27 bits per heavy atom. The molecule has 2 aromatic rings. The van der Waals surface area contributed by atoms with Crippen LogP contribution in [0.5, 0.6) is 0 Å². The monoisotopic (exact) mass is 209 g/mol. The van der Waals surface area contributed by atoms with E-state index in [0.717, 1.165) is 12.1 Å². The second-order valence-electron chi connectivity index (χ2n) is 3.13. The zero-order chi connectivity index (χ0) is 10.8. The lowest BCUT2D eigenvalue weighted by Gasteiger charge is -2.09. The molecule has 2 rings (SSSR count). The van der Waals surface area contributed by atoms with Gasteiger partial charge in [-0.15, -0.1) is 0 Å². The first-order valence-electron chi connectivity index (χ1n) is 4.38. The van der Waals surface area contributed by atoms with Gasteiger partial charge in [-0.1, -0.05) is 6.07 Å². The van der Waals surface area contributed by atoms with Crippen LogP contribution in [0.3, 0.4) is 0 Å². The molecule has 0 fully saturated rings. The maximum Gasteiger partial charge on any atom is 0.159 e. The van der Waals surface area contributed by atoms with Gasteiger partial charge in [0, 0.05) is 12.4 Å². The van der Waals surface area contributed by atoms with Crippen LogP contribution < -0.4 is 5.73 Å². The first-order valence-corrected chi connectivity index (χ1v) is 4.38. The minimum atomic E-state index is -0.908. The van der Waals surface area contributed by atoms with E-state index in [1.54, 1.807) is 12.4 Å². The third-order valence-electron chi connectivity index (χ3n) is 2.12. The molecule has 78 valence electrons. The first-order chi connectivity index (χ1) is 7.18. The van der Waals surface area contributed by atoms with Crippen molar-refractivity contribution in [3.8, 4) is 0 Å². The zero-order valence-electron chi connectivity index (χ0n) is 7.74. The van der Waals surface area contributed by atoms with Gasteiger partial charge in [-0.2, -0.15) is 0 Å². The average molecular weight is 209 g/mol. The van der Waals surface area contributed by atoms with Crippen molar-refractivity contribution >= 4 is 0 Å². The number of halogens is 2. The molecule has 0 saturated heterocycles. The number of nitrogens with one attached hydrogen (secondary N) is 1. The third-order valence-corrected chi connectivity index (χ3v) is 2.12. The van der Waals surface area contributed by atoms with Crippen LogP contribution in [-0.4, -0.2) is 9.97 Å². The summed E-state index contributed by atoms with van der Waals surface area (Å²) in [7, 11) is 0. The lowest BCUT2D eigenvalue weighted by molar-refractivity contribution is 0.506. The van der Waals surface area contributed by atoms with Gasteiger partial charge in [0.1, 0.15) is 5.82 Å². The molecule has 0 spiro atoms. The predicted octanol–water partition coefficient (Wildman–Crippen LogP) is 1.74. The van der Waals surface area contributed by atoms with Crippen molar-refractivity contribution in [2.24, 2.45) is 5.73 Å². The van der Waals surface area contributed by atoms with E-state index in [-0.39, 0.29) is 0 Å². The van der Waals surface area contributed by atoms with Crippen molar-refractivity contribution < 1.29 is 8.78 Å². The molecule has 1 aromatic heterocycles. The number of benzene rings is 1. The topological polar surface area (TPSA) is 54.7 Å². The van der Waals surface area contributed by atoms with Gasteiger partial charge in [-0.05, 0) is 17.7 Å². The quantitative estimate of drug-likeness (QED) is 0.791. The van der Waals surface area contributed by atoms with Crippen molar-refractivity contribution in [3.63, 3.8) is 0 Å². The van der Waals surface area contributed by atoms with Gasteiger partial charge < -0.3 is 10.7 Å². The lowest BCUT2D eigenvalue weighted by Crippen LogP contribution is -2.13. The number of hydrogen-bond acceptors (Lipinski definition) is 2. The van der Waals surface area contributed by atoms with Crippen molar-refractivity contribution in [1.29, 1.82) is 0 Å². The highest BCUT2D eigenvalue weighted by atomic mass is 19.2. The summed E-state index contributed by atoms with van der Waals surface area (Å²) in [6.07, 6.45) is 3.17. The number of H-pyrrole nitrogens is 1. The molecule has 5 heteroatoms. The van der Waals surface area contributed by atoms with Crippen molar-refractivity contribution in [2.45, 2.75) is 6.04 Å². The van der Waals surface area contributed by atoms with E-state index in [1.165, 1.54) is 6.07 Å². The zero-order valence-corrected chi connectivity index (χ0v) is 7.74. The number of aromatic nitrogens is 2. The molecule has 0 aliphatic heterocycles. The Balaban J connectivity index is 2.34. The van der Waals surface area contributed by atoms with E-state index in [2.05, 4.69) is 9.97 Å². The van der Waals surface area contributed by atoms with Gasteiger partial charge in [0.05, 0.1) is 6.04 Å². The van der Waals surface area contributed by atoms with Gasteiger partial charge >= 0.3 is 0 Å². The Kier molecular flexibility index (Phi) is 2.47. The standard InChI is InChI=1S/C10H9F2N3/c11-7-2-1-6(5-8(7)12)9(13)10-14-3-4-15-10/h1-5,9H,13H2,(H,14,15). The van der Waals surface area contributed by atoms with E-state index in [4.69, 9.17) is 5.73 Å². The summed E-state index contributed by atoms with van der Waals surface area (Å²) in [6, 6.07) is 2.98. The fraction of sp³-hybridized carbons (Fsp3) is 0.100. The Bertz CT molecular complexity index is 454. The Morgan fingerprint density at radius 3 is 2.67 bits per heavy atom. The van der Waals surface area contributed by atoms with Crippen molar-refractivity contribution in [1.82, 2.24) is 9.97 Å².